The summed E-state index contributed by atoms with van der Waals surface area (Å²) in [6, 6.07) is 0. The standard InChI is InChI=1S/C42H74NO8P/c1-3-5-7-9-11-13-14-15-16-17-18-19-20-21-22-23-24-25-26-27-28-30-32-34-41(45)43-36-37-50-52(47,48)51-39-40(44)38-49-42(46)35-33-31-29-12-10-8-6-4-2/h5,7,11,13,15-16,18-19,21-22,40,44H,3-4,6,8-10,12,14,17,20,23-39H2,1-2H3,(H,43,45)(H,47,48)/b7-5-,13-11-,16-15-,19-18-,22-21-. The SMILES string of the molecule is CC/C=C\C/C=C\C/C=C\C/C=C\C/C=C\CCCCCCCCCC(=O)NCCOP(=O)(O)OCC(O)COC(=O)CCCCCCCCCC. The molecule has 0 aromatic rings. The van der Waals surface area contributed by atoms with Gasteiger partial charge in [0, 0.05) is 19.4 Å². The quantitative estimate of drug-likeness (QED) is 0.0247. The number of hydrogen-bond donors (Lipinski definition) is 3. The zero-order chi connectivity index (χ0) is 38.2. The zero-order valence-corrected chi connectivity index (χ0v) is 33.6. The van der Waals surface area contributed by atoms with Gasteiger partial charge in [-0.3, -0.25) is 18.6 Å². The summed E-state index contributed by atoms with van der Waals surface area (Å²) in [5.74, 6) is -0.536. The van der Waals surface area contributed by atoms with Crippen molar-refractivity contribution in [3.05, 3.63) is 60.8 Å². The Morgan fingerprint density at radius 2 is 1.10 bits per heavy atom. The molecule has 0 fully saturated rings. The summed E-state index contributed by atoms with van der Waals surface area (Å²) in [6.45, 7) is 3.37. The average molecular weight is 752 g/mol. The van der Waals surface area contributed by atoms with Gasteiger partial charge in [-0.2, -0.15) is 0 Å². The first kappa shape index (κ1) is 49.7. The van der Waals surface area contributed by atoms with Crippen molar-refractivity contribution in [1.29, 1.82) is 0 Å². The molecule has 2 unspecified atom stereocenters. The molecule has 0 aromatic heterocycles. The second-order valence-electron chi connectivity index (χ2n) is 13.2. The van der Waals surface area contributed by atoms with Crippen molar-refractivity contribution in [2.24, 2.45) is 0 Å². The molecular weight excluding hydrogens is 677 g/mol. The van der Waals surface area contributed by atoms with Crippen LogP contribution in [0.1, 0.15) is 162 Å². The van der Waals surface area contributed by atoms with Crippen molar-refractivity contribution in [3.63, 3.8) is 0 Å². The molecule has 1 amide bonds. The Morgan fingerprint density at radius 3 is 1.65 bits per heavy atom. The first-order valence-corrected chi connectivity index (χ1v) is 21.8. The number of rotatable bonds is 37. The summed E-state index contributed by atoms with van der Waals surface area (Å²) < 4.78 is 26.7. The molecule has 0 aliphatic carbocycles. The highest BCUT2D eigenvalue weighted by Crippen LogP contribution is 2.42. The van der Waals surface area contributed by atoms with Gasteiger partial charge in [0.2, 0.25) is 5.91 Å². The lowest BCUT2D eigenvalue weighted by Gasteiger charge is -2.15. The van der Waals surface area contributed by atoms with Crippen LogP contribution in [-0.2, 0) is 27.9 Å². The van der Waals surface area contributed by atoms with E-state index in [9.17, 15) is 24.2 Å². The third kappa shape index (κ3) is 38.9. The summed E-state index contributed by atoms with van der Waals surface area (Å²) in [5, 5.41) is 12.6. The Balaban J connectivity index is 3.62. The van der Waals surface area contributed by atoms with Crippen molar-refractivity contribution < 1.29 is 37.9 Å². The van der Waals surface area contributed by atoms with Crippen LogP contribution in [0.2, 0.25) is 0 Å². The number of amides is 1. The molecule has 52 heavy (non-hydrogen) atoms. The molecular formula is C42H74NO8P. The topological polar surface area (TPSA) is 131 Å². The van der Waals surface area contributed by atoms with Crippen LogP contribution in [0.15, 0.2) is 60.8 Å². The van der Waals surface area contributed by atoms with Crippen LogP contribution in [0, 0.1) is 0 Å². The Bertz CT molecular complexity index is 1040. The average Bonchev–Trinajstić information content (AvgIpc) is 3.13. The molecule has 0 aromatic carbocycles. The third-order valence-electron chi connectivity index (χ3n) is 8.21. The summed E-state index contributed by atoms with van der Waals surface area (Å²) in [6.07, 6.45) is 44.5. The lowest BCUT2D eigenvalue weighted by molar-refractivity contribution is -0.147. The van der Waals surface area contributed by atoms with E-state index in [-0.39, 0.29) is 32.1 Å². The Kier molecular flexibility index (Phi) is 36.7. The van der Waals surface area contributed by atoms with Crippen LogP contribution in [0.3, 0.4) is 0 Å². The minimum absolute atomic E-state index is 0.0730. The molecule has 0 heterocycles. The highest BCUT2D eigenvalue weighted by Gasteiger charge is 2.23. The van der Waals surface area contributed by atoms with Crippen LogP contribution < -0.4 is 5.32 Å². The number of hydrogen-bond acceptors (Lipinski definition) is 7. The van der Waals surface area contributed by atoms with Crippen LogP contribution in [-0.4, -0.2) is 54.3 Å². The number of carbonyl (C=O) groups is 2. The van der Waals surface area contributed by atoms with E-state index in [1.807, 2.05) is 0 Å². The van der Waals surface area contributed by atoms with Crippen molar-refractivity contribution in [2.75, 3.05) is 26.4 Å². The lowest BCUT2D eigenvalue weighted by atomic mass is 10.1. The minimum Gasteiger partial charge on any atom is -0.463 e. The van der Waals surface area contributed by atoms with Crippen LogP contribution in [0.25, 0.3) is 0 Å². The fraction of sp³-hybridized carbons (Fsp3) is 0.714. The maximum absolute atomic E-state index is 12.1. The Morgan fingerprint density at radius 1 is 0.615 bits per heavy atom. The number of nitrogens with one attached hydrogen (secondary N) is 1. The van der Waals surface area contributed by atoms with E-state index in [0.29, 0.717) is 6.42 Å². The normalized spacial score (nSPS) is 14.0. The summed E-state index contributed by atoms with van der Waals surface area (Å²) in [5.41, 5.74) is 0. The first-order chi connectivity index (χ1) is 25.3. The van der Waals surface area contributed by atoms with E-state index >= 15 is 0 Å². The summed E-state index contributed by atoms with van der Waals surface area (Å²) in [4.78, 5) is 33.7. The largest absolute Gasteiger partial charge is 0.472 e. The Labute approximate surface area is 317 Å². The highest BCUT2D eigenvalue weighted by atomic mass is 31.2. The number of unbranched alkanes of at least 4 members (excludes halogenated alkanes) is 14. The Hall–Kier alpha value is -2.29. The number of allylic oxidation sites excluding steroid dienone is 10. The highest BCUT2D eigenvalue weighted by molar-refractivity contribution is 7.47. The molecule has 3 N–H and O–H groups in total. The van der Waals surface area contributed by atoms with Gasteiger partial charge in [-0.15, -0.1) is 0 Å². The fourth-order valence-electron chi connectivity index (χ4n) is 5.17. The van der Waals surface area contributed by atoms with E-state index in [2.05, 4.69) is 79.9 Å². The molecule has 0 radical (unpaired) electrons. The zero-order valence-electron chi connectivity index (χ0n) is 32.7. The van der Waals surface area contributed by atoms with E-state index in [4.69, 9.17) is 13.8 Å². The van der Waals surface area contributed by atoms with Crippen LogP contribution in [0.4, 0.5) is 0 Å². The molecule has 10 heteroatoms. The van der Waals surface area contributed by atoms with Gasteiger partial charge in [-0.1, -0.05) is 152 Å². The molecule has 0 bridgehead atoms. The molecule has 0 rings (SSSR count). The second kappa shape index (κ2) is 38.4. The number of esters is 1. The molecule has 2 atom stereocenters. The first-order valence-electron chi connectivity index (χ1n) is 20.3. The minimum atomic E-state index is -4.41. The number of phosphoric ester groups is 1. The molecule has 0 aliphatic rings. The number of phosphoric acid groups is 1. The van der Waals surface area contributed by atoms with Crippen LogP contribution >= 0.6 is 7.82 Å². The van der Waals surface area contributed by atoms with Crippen LogP contribution in [0.5, 0.6) is 0 Å². The summed E-state index contributed by atoms with van der Waals surface area (Å²) >= 11 is 0. The van der Waals surface area contributed by atoms with Gasteiger partial charge < -0.3 is 20.1 Å². The van der Waals surface area contributed by atoms with Gasteiger partial charge >= 0.3 is 13.8 Å². The van der Waals surface area contributed by atoms with Crippen molar-refractivity contribution in [1.82, 2.24) is 5.32 Å². The van der Waals surface area contributed by atoms with Crippen molar-refractivity contribution in [2.45, 2.75) is 168 Å². The number of aliphatic hydroxyl groups is 1. The molecule has 0 spiro atoms. The van der Waals surface area contributed by atoms with Gasteiger partial charge in [0.25, 0.3) is 0 Å². The molecule has 9 nitrogen and oxygen atoms in total. The van der Waals surface area contributed by atoms with Gasteiger partial charge in [-0.25, -0.2) is 4.57 Å². The van der Waals surface area contributed by atoms with Crippen molar-refractivity contribution >= 4 is 19.7 Å². The molecule has 0 saturated carbocycles. The summed E-state index contributed by atoms with van der Waals surface area (Å²) in [7, 11) is -4.41. The van der Waals surface area contributed by atoms with E-state index in [1.54, 1.807) is 0 Å². The maximum atomic E-state index is 12.1. The molecule has 0 saturated heterocycles. The van der Waals surface area contributed by atoms with Gasteiger partial charge in [0.05, 0.1) is 13.2 Å². The lowest BCUT2D eigenvalue weighted by Crippen LogP contribution is -2.27. The third-order valence-corrected chi connectivity index (χ3v) is 9.20. The van der Waals surface area contributed by atoms with E-state index in [0.717, 1.165) is 77.0 Å². The predicted molar refractivity (Wildman–Crippen MR) is 215 cm³/mol. The fourth-order valence-corrected chi connectivity index (χ4v) is 5.93. The second-order valence-corrected chi connectivity index (χ2v) is 14.7. The maximum Gasteiger partial charge on any atom is 0.472 e. The number of ether oxygens (including phenoxy) is 1. The van der Waals surface area contributed by atoms with Gasteiger partial charge in [0.1, 0.15) is 12.7 Å². The van der Waals surface area contributed by atoms with E-state index < -0.39 is 26.5 Å². The van der Waals surface area contributed by atoms with E-state index in [1.165, 1.54) is 57.8 Å². The number of carbonyl (C=O) groups excluding carboxylic acids is 2. The van der Waals surface area contributed by atoms with Gasteiger partial charge in [-0.05, 0) is 57.8 Å². The predicted octanol–water partition coefficient (Wildman–Crippen LogP) is 10.9. The van der Waals surface area contributed by atoms with Crippen molar-refractivity contribution in [3.8, 4) is 0 Å². The van der Waals surface area contributed by atoms with Gasteiger partial charge in [0.15, 0.2) is 0 Å². The number of aliphatic hydroxyl groups excluding tert-OH is 1. The molecule has 0 aliphatic heterocycles. The monoisotopic (exact) mass is 752 g/mol. The molecule has 300 valence electrons. The smallest absolute Gasteiger partial charge is 0.463 e.